The Kier molecular flexibility index (Phi) is 2.57. The van der Waals surface area contributed by atoms with Gasteiger partial charge in [-0.15, -0.1) is 0 Å². The number of hydrogen-bond donors (Lipinski definition) is 2. The second kappa shape index (κ2) is 4.04. The maximum absolute atomic E-state index is 12.8. The van der Waals surface area contributed by atoms with Crippen LogP contribution in [0.15, 0.2) is 18.6 Å². The fourth-order valence-corrected chi connectivity index (χ4v) is 1.19. The van der Waals surface area contributed by atoms with Crippen LogP contribution < -0.4 is 5.32 Å². The van der Waals surface area contributed by atoms with Gasteiger partial charge in [-0.3, -0.25) is 0 Å². The molecule has 78 valence electrons. The molecule has 0 amide bonds. The molecule has 0 spiro atoms. The lowest BCUT2D eigenvalue weighted by Crippen LogP contribution is -2.04. The summed E-state index contributed by atoms with van der Waals surface area (Å²) in [6.45, 7) is 2.24. The SMILES string of the molecule is Cc1cc(NCc2cnc[nH]2)nc(F)n1. The van der Waals surface area contributed by atoms with Gasteiger partial charge in [0.2, 0.25) is 0 Å². The Bertz CT molecular complexity index is 420. The van der Waals surface area contributed by atoms with E-state index in [1.807, 2.05) is 0 Å². The molecule has 0 bridgehead atoms. The van der Waals surface area contributed by atoms with E-state index in [2.05, 4.69) is 25.3 Å². The number of H-pyrrole nitrogens is 1. The summed E-state index contributed by atoms with van der Waals surface area (Å²) < 4.78 is 12.8. The highest BCUT2D eigenvalue weighted by atomic mass is 19.1. The van der Waals surface area contributed by atoms with E-state index in [0.717, 1.165) is 5.69 Å². The number of aryl methyl sites for hydroxylation is 1. The van der Waals surface area contributed by atoms with E-state index in [4.69, 9.17) is 0 Å². The van der Waals surface area contributed by atoms with Gasteiger partial charge in [0.15, 0.2) is 0 Å². The largest absolute Gasteiger partial charge is 0.364 e. The molecule has 2 rings (SSSR count). The summed E-state index contributed by atoms with van der Waals surface area (Å²) in [5.41, 5.74) is 1.50. The van der Waals surface area contributed by atoms with Crippen molar-refractivity contribution in [1.82, 2.24) is 19.9 Å². The van der Waals surface area contributed by atoms with Gasteiger partial charge in [-0.05, 0) is 6.92 Å². The zero-order valence-electron chi connectivity index (χ0n) is 8.16. The Morgan fingerprint density at radius 2 is 2.33 bits per heavy atom. The monoisotopic (exact) mass is 207 g/mol. The maximum Gasteiger partial charge on any atom is 0.310 e. The van der Waals surface area contributed by atoms with Crippen molar-refractivity contribution in [2.75, 3.05) is 5.32 Å². The third-order valence-electron chi connectivity index (χ3n) is 1.84. The number of nitrogens with one attached hydrogen (secondary N) is 2. The first kappa shape index (κ1) is 9.57. The Labute approximate surface area is 85.8 Å². The molecule has 0 radical (unpaired) electrons. The first-order valence-electron chi connectivity index (χ1n) is 4.46. The van der Waals surface area contributed by atoms with Crippen LogP contribution in [0.3, 0.4) is 0 Å². The number of hydrogen-bond acceptors (Lipinski definition) is 4. The molecule has 2 heterocycles. The van der Waals surface area contributed by atoms with Crippen LogP contribution in [-0.2, 0) is 6.54 Å². The molecule has 2 aromatic heterocycles. The number of rotatable bonds is 3. The lowest BCUT2D eigenvalue weighted by Gasteiger charge is -2.04. The van der Waals surface area contributed by atoms with Gasteiger partial charge in [0, 0.05) is 18.0 Å². The van der Waals surface area contributed by atoms with E-state index in [9.17, 15) is 4.39 Å². The van der Waals surface area contributed by atoms with E-state index in [0.29, 0.717) is 18.1 Å². The fraction of sp³-hybridized carbons (Fsp3) is 0.222. The van der Waals surface area contributed by atoms with Crippen LogP contribution in [0.2, 0.25) is 0 Å². The van der Waals surface area contributed by atoms with E-state index in [1.54, 1.807) is 25.5 Å². The molecule has 0 aliphatic heterocycles. The van der Waals surface area contributed by atoms with Crippen molar-refractivity contribution in [2.45, 2.75) is 13.5 Å². The molecule has 0 aliphatic rings. The molecule has 0 aliphatic carbocycles. The summed E-state index contributed by atoms with van der Waals surface area (Å²) in [4.78, 5) is 13.9. The smallest absolute Gasteiger partial charge is 0.310 e. The number of anilines is 1. The molecule has 0 saturated carbocycles. The summed E-state index contributed by atoms with van der Waals surface area (Å²) >= 11 is 0. The molecule has 0 saturated heterocycles. The predicted molar refractivity (Wildman–Crippen MR) is 52.6 cm³/mol. The lowest BCUT2D eigenvalue weighted by molar-refractivity contribution is 0.536. The van der Waals surface area contributed by atoms with Gasteiger partial charge in [-0.1, -0.05) is 0 Å². The number of aromatic nitrogens is 4. The average molecular weight is 207 g/mol. The molecule has 2 aromatic rings. The van der Waals surface area contributed by atoms with Gasteiger partial charge in [-0.25, -0.2) is 9.97 Å². The van der Waals surface area contributed by atoms with E-state index >= 15 is 0 Å². The molecule has 0 fully saturated rings. The first-order chi connectivity index (χ1) is 7.24. The normalized spacial score (nSPS) is 10.3. The van der Waals surface area contributed by atoms with Gasteiger partial charge in [0.1, 0.15) is 5.82 Å². The minimum atomic E-state index is -0.720. The fourth-order valence-electron chi connectivity index (χ4n) is 1.19. The Morgan fingerprint density at radius 3 is 3.00 bits per heavy atom. The van der Waals surface area contributed by atoms with E-state index in [1.165, 1.54) is 0 Å². The molecule has 2 N–H and O–H groups in total. The highest BCUT2D eigenvalue weighted by Crippen LogP contribution is 2.06. The lowest BCUT2D eigenvalue weighted by atomic mass is 10.4. The van der Waals surface area contributed by atoms with Crippen LogP contribution >= 0.6 is 0 Å². The molecular formula is C9H10FN5. The summed E-state index contributed by atoms with van der Waals surface area (Å²) in [6, 6.07) is 1.68. The number of nitrogens with zero attached hydrogens (tertiary/aromatic N) is 3. The third-order valence-corrected chi connectivity index (χ3v) is 1.84. The van der Waals surface area contributed by atoms with Crippen LogP contribution in [0.1, 0.15) is 11.4 Å². The predicted octanol–water partition coefficient (Wildman–Crippen LogP) is 1.26. The van der Waals surface area contributed by atoms with Crippen LogP contribution in [0.25, 0.3) is 0 Å². The summed E-state index contributed by atoms with van der Waals surface area (Å²) in [5.74, 6) is 0.467. The average Bonchev–Trinajstić information content (AvgIpc) is 2.65. The molecule has 6 heteroatoms. The van der Waals surface area contributed by atoms with Crippen molar-refractivity contribution in [1.29, 1.82) is 0 Å². The number of aromatic amines is 1. The Balaban J connectivity index is 2.05. The third kappa shape index (κ3) is 2.49. The summed E-state index contributed by atoms with van der Waals surface area (Å²) in [7, 11) is 0. The van der Waals surface area contributed by atoms with Gasteiger partial charge < -0.3 is 10.3 Å². The van der Waals surface area contributed by atoms with Crippen molar-refractivity contribution in [3.05, 3.63) is 36.1 Å². The zero-order valence-corrected chi connectivity index (χ0v) is 8.16. The van der Waals surface area contributed by atoms with Crippen LogP contribution in [0, 0.1) is 13.0 Å². The summed E-state index contributed by atoms with van der Waals surface area (Å²) in [6.07, 6.45) is 2.56. The van der Waals surface area contributed by atoms with Gasteiger partial charge in [0.05, 0.1) is 18.6 Å². The minimum absolute atomic E-state index is 0.467. The van der Waals surface area contributed by atoms with Crippen LogP contribution in [0.4, 0.5) is 10.2 Å². The summed E-state index contributed by atoms with van der Waals surface area (Å²) in [5, 5.41) is 2.97. The zero-order chi connectivity index (χ0) is 10.7. The standard InChI is InChI=1S/C9H10FN5/c1-6-2-8(15-9(10)14-6)12-4-7-3-11-5-13-7/h2-3,5H,4H2,1H3,(H,11,13)(H,12,14,15). The van der Waals surface area contributed by atoms with Crippen molar-refractivity contribution >= 4 is 5.82 Å². The van der Waals surface area contributed by atoms with Crippen LogP contribution in [0.5, 0.6) is 0 Å². The quantitative estimate of drug-likeness (QED) is 0.743. The number of halogens is 1. The molecular weight excluding hydrogens is 197 g/mol. The molecule has 0 atom stereocenters. The van der Waals surface area contributed by atoms with Gasteiger partial charge in [-0.2, -0.15) is 9.37 Å². The Hall–Kier alpha value is -1.98. The molecule has 15 heavy (non-hydrogen) atoms. The van der Waals surface area contributed by atoms with Crippen molar-refractivity contribution in [2.24, 2.45) is 0 Å². The Morgan fingerprint density at radius 1 is 1.47 bits per heavy atom. The van der Waals surface area contributed by atoms with Crippen LogP contribution in [-0.4, -0.2) is 19.9 Å². The first-order valence-corrected chi connectivity index (χ1v) is 4.46. The van der Waals surface area contributed by atoms with Gasteiger partial charge in [0.25, 0.3) is 0 Å². The second-order valence-electron chi connectivity index (χ2n) is 3.09. The molecule has 0 aromatic carbocycles. The highest BCUT2D eigenvalue weighted by Gasteiger charge is 2.01. The topological polar surface area (TPSA) is 66.5 Å². The number of imidazole rings is 1. The highest BCUT2D eigenvalue weighted by molar-refractivity contribution is 5.34. The van der Waals surface area contributed by atoms with Crippen molar-refractivity contribution in [3.8, 4) is 0 Å². The minimum Gasteiger partial charge on any atom is -0.364 e. The second-order valence-corrected chi connectivity index (χ2v) is 3.09. The van der Waals surface area contributed by atoms with E-state index < -0.39 is 6.08 Å². The van der Waals surface area contributed by atoms with Gasteiger partial charge >= 0.3 is 6.08 Å². The van der Waals surface area contributed by atoms with E-state index in [-0.39, 0.29) is 0 Å². The molecule has 0 unspecified atom stereocenters. The van der Waals surface area contributed by atoms with Crippen molar-refractivity contribution < 1.29 is 4.39 Å². The molecule has 5 nitrogen and oxygen atoms in total. The van der Waals surface area contributed by atoms with Crippen molar-refractivity contribution in [3.63, 3.8) is 0 Å². The maximum atomic E-state index is 12.8.